The SMILES string of the molecule is CC(C)n1ccn(Cc2cscn2)c1=O. The Morgan fingerprint density at radius 3 is 2.80 bits per heavy atom. The number of aromatic nitrogens is 3. The Hall–Kier alpha value is -1.36. The molecule has 0 unspecified atom stereocenters. The number of hydrogen-bond acceptors (Lipinski definition) is 3. The molecule has 0 aliphatic carbocycles. The van der Waals surface area contributed by atoms with Gasteiger partial charge in [-0.3, -0.25) is 9.13 Å². The lowest BCUT2D eigenvalue weighted by Gasteiger charge is -2.03. The van der Waals surface area contributed by atoms with E-state index in [4.69, 9.17) is 0 Å². The first-order valence-electron chi connectivity index (χ1n) is 4.83. The monoisotopic (exact) mass is 223 g/mol. The van der Waals surface area contributed by atoms with E-state index in [1.165, 1.54) is 0 Å². The van der Waals surface area contributed by atoms with E-state index >= 15 is 0 Å². The van der Waals surface area contributed by atoms with Crippen molar-refractivity contribution in [1.82, 2.24) is 14.1 Å². The van der Waals surface area contributed by atoms with Crippen LogP contribution in [-0.2, 0) is 6.54 Å². The number of hydrogen-bond donors (Lipinski definition) is 0. The van der Waals surface area contributed by atoms with Gasteiger partial charge in [0.1, 0.15) is 0 Å². The standard InChI is InChI=1S/C10H13N3OS/c1-8(2)13-4-3-12(10(13)14)5-9-6-15-7-11-9/h3-4,6-8H,5H2,1-2H3. The molecule has 0 radical (unpaired) electrons. The van der Waals surface area contributed by atoms with Gasteiger partial charge in [-0.15, -0.1) is 11.3 Å². The molecular formula is C10H13N3OS. The van der Waals surface area contributed by atoms with Crippen LogP contribution in [0.4, 0.5) is 0 Å². The molecule has 0 bridgehead atoms. The second-order valence-electron chi connectivity index (χ2n) is 3.69. The molecule has 0 atom stereocenters. The molecule has 0 N–H and O–H groups in total. The molecule has 0 saturated carbocycles. The minimum absolute atomic E-state index is 0.0259. The van der Waals surface area contributed by atoms with Crippen LogP contribution in [0.5, 0.6) is 0 Å². The third-order valence-corrected chi connectivity index (χ3v) is 2.88. The van der Waals surface area contributed by atoms with Gasteiger partial charge in [-0.25, -0.2) is 9.78 Å². The van der Waals surface area contributed by atoms with Gasteiger partial charge in [0.15, 0.2) is 0 Å². The quantitative estimate of drug-likeness (QED) is 0.795. The Bertz CT molecular complexity index is 481. The minimum Gasteiger partial charge on any atom is -0.297 e. The molecule has 0 spiro atoms. The van der Waals surface area contributed by atoms with E-state index in [2.05, 4.69) is 4.98 Å². The minimum atomic E-state index is 0.0259. The molecular weight excluding hydrogens is 210 g/mol. The summed E-state index contributed by atoms with van der Waals surface area (Å²) in [7, 11) is 0. The van der Waals surface area contributed by atoms with Gasteiger partial charge in [0.25, 0.3) is 0 Å². The maximum Gasteiger partial charge on any atom is 0.328 e. The van der Waals surface area contributed by atoms with Crippen molar-refractivity contribution in [2.45, 2.75) is 26.4 Å². The molecule has 2 heterocycles. The average molecular weight is 223 g/mol. The Labute approximate surface area is 91.8 Å². The van der Waals surface area contributed by atoms with E-state index in [9.17, 15) is 4.79 Å². The van der Waals surface area contributed by atoms with Crippen molar-refractivity contribution in [2.75, 3.05) is 0 Å². The lowest BCUT2D eigenvalue weighted by molar-refractivity contribution is 0.560. The summed E-state index contributed by atoms with van der Waals surface area (Å²) in [4.78, 5) is 16.0. The third-order valence-electron chi connectivity index (χ3n) is 2.25. The van der Waals surface area contributed by atoms with Gasteiger partial charge in [-0.2, -0.15) is 0 Å². The van der Waals surface area contributed by atoms with Crippen LogP contribution in [0.25, 0.3) is 0 Å². The van der Waals surface area contributed by atoms with Crippen LogP contribution in [0, 0.1) is 0 Å². The number of nitrogens with zero attached hydrogens (tertiary/aromatic N) is 3. The van der Waals surface area contributed by atoms with Crippen LogP contribution in [0.3, 0.4) is 0 Å². The van der Waals surface area contributed by atoms with E-state index in [0.29, 0.717) is 6.54 Å². The predicted octanol–water partition coefficient (Wildman–Crippen LogP) is 1.74. The highest BCUT2D eigenvalue weighted by Crippen LogP contribution is 2.04. The Kier molecular flexibility index (Phi) is 2.73. The first-order valence-corrected chi connectivity index (χ1v) is 5.77. The Morgan fingerprint density at radius 1 is 1.47 bits per heavy atom. The Balaban J connectivity index is 2.27. The van der Waals surface area contributed by atoms with Crippen LogP contribution in [0.15, 0.2) is 28.1 Å². The molecule has 5 heteroatoms. The van der Waals surface area contributed by atoms with E-state index in [1.54, 1.807) is 26.0 Å². The maximum absolute atomic E-state index is 11.8. The molecule has 4 nitrogen and oxygen atoms in total. The first kappa shape index (κ1) is 10.2. The van der Waals surface area contributed by atoms with Gasteiger partial charge in [0.05, 0.1) is 17.7 Å². The molecule has 80 valence electrons. The summed E-state index contributed by atoms with van der Waals surface area (Å²) >= 11 is 1.54. The summed E-state index contributed by atoms with van der Waals surface area (Å²) in [5.41, 5.74) is 2.74. The van der Waals surface area contributed by atoms with Gasteiger partial charge in [-0.05, 0) is 13.8 Å². The molecule has 2 aromatic heterocycles. The van der Waals surface area contributed by atoms with Gasteiger partial charge in [0.2, 0.25) is 0 Å². The van der Waals surface area contributed by atoms with Crippen molar-refractivity contribution in [2.24, 2.45) is 0 Å². The molecule has 0 aromatic carbocycles. The van der Waals surface area contributed by atoms with Crippen LogP contribution >= 0.6 is 11.3 Å². The molecule has 0 fully saturated rings. The molecule has 0 aliphatic heterocycles. The predicted molar refractivity (Wildman–Crippen MR) is 60.3 cm³/mol. The van der Waals surface area contributed by atoms with Crippen molar-refractivity contribution >= 4 is 11.3 Å². The summed E-state index contributed by atoms with van der Waals surface area (Å²) < 4.78 is 3.39. The average Bonchev–Trinajstić information content (AvgIpc) is 2.78. The van der Waals surface area contributed by atoms with Crippen molar-refractivity contribution in [3.63, 3.8) is 0 Å². The summed E-state index contributed by atoms with van der Waals surface area (Å²) in [5.74, 6) is 0. The normalized spacial score (nSPS) is 11.1. The van der Waals surface area contributed by atoms with E-state index < -0.39 is 0 Å². The zero-order valence-corrected chi connectivity index (χ0v) is 9.57. The van der Waals surface area contributed by atoms with Gasteiger partial charge in [0, 0.05) is 23.8 Å². The van der Waals surface area contributed by atoms with Crippen molar-refractivity contribution in [1.29, 1.82) is 0 Å². The topological polar surface area (TPSA) is 39.8 Å². The van der Waals surface area contributed by atoms with Crippen LogP contribution in [0.1, 0.15) is 25.6 Å². The second-order valence-corrected chi connectivity index (χ2v) is 4.41. The van der Waals surface area contributed by atoms with Gasteiger partial charge >= 0.3 is 5.69 Å². The van der Waals surface area contributed by atoms with Gasteiger partial charge < -0.3 is 0 Å². The van der Waals surface area contributed by atoms with Crippen LogP contribution < -0.4 is 5.69 Å². The molecule has 15 heavy (non-hydrogen) atoms. The number of rotatable bonds is 3. The number of imidazole rings is 1. The van der Waals surface area contributed by atoms with Crippen LogP contribution in [-0.4, -0.2) is 14.1 Å². The summed E-state index contributed by atoms with van der Waals surface area (Å²) in [6.07, 6.45) is 3.63. The molecule has 0 amide bonds. The summed E-state index contributed by atoms with van der Waals surface area (Å²) in [6, 6.07) is 0.203. The highest BCUT2D eigenvalue weighted by atomic mass is 32.1. The van der Waals surface area contributed by atoms with Gasteiger partial charge in [-0.1, -0.05) is 0 Å². The van der Waals surface area contributed by atoms with E-state index in [0.717, 1.165) is 5.69 Å². The van der Waals surface area contributed by atoms with E-state index in [-0.39, 0.29) is 11.7 Å². The smallest absolute Gasteiger partial charge is 0.297 e. The fraction of sp³-hybridized carbons (Fsp3) is 0.400. The fourth-order valence-corrected chi connectivity index (χ4v) is 1.98. The number of thiazole rings is 1. The van der Waals surface area contributed by atoms with Crippen molar-refractivity contribution in [3.05, 3.63) is 39.5 Å². The zero-order valence-electron chi connectivity index (χ0n) is 8.75. The second kappa shape index (κ2) is 4.02. The Morgan fingerprint density at radius 2 is 2.27 bits per heavy atom. The van der Waals surface area contributed by atoms with E-state index in [1.807, 2.05) is 31.6 Å². The summed E-state index contributed by atoms with van der Waals surface area (Å²) in [6.45, 7) is 4.55. The first-order chi connectivity index (χ1) is 7.18. The summed E-state index contributed by atoms with van der Waals surface area (Å²) in [5, 5.41) is 1.96. The lowest BCUT2D eigenvalue weighted by Crippen LogP contribution is -2.25. The van der Waals surface area contributed by atoms with Crippen molar-refractivity contribution in [3.8, 4) is 0 Å². The highest BCUT2D eigenvalue weighted by molar-refractivity contribution is 7.07. The van der Waals surface area contributed by atoms with Crippen LogP contribution in [0.2, 0.25) is 0 Å². The zero-order chi connectivity index (χ0) is 10.8. The molecule has 2 aromatic rings. The third kappa shape index (κ3) is 2.02. The van der Waals surface area contributed by atoms with Crippen molar-refractivity contribution < 1.29 is 0 Å². The maximum atomic E-state index is 11.8. The molecule has 2 rings (SSSR count). The lowest BCUT2D eigenvalue weighted by atomic mass is 10.4. The largest absolute Gasteiger partial charge is 0.328 e. The highest BCUT2D eigenvalue weighted by Gasteiger charge is 2.06. The molecule has 0 saturated heterocycles. The molecule has 0 aliphatic rings. The fourth-order valence-electron chi connectivity index (χ4n) is 1.43.